The van der Waals surface area contributed by atoms with Crippen molar-refractivity contribution in [2.75, 3.05) is 33.4 Å². The zero-order valence-electron chi connectivity index (χ0n) is 17.0. The predicted octanol–water partition coefficient (Wildman–Crippen LogP) is 3.13. The molecular weight excluding hydrogens is 352 g/mol. The summed E-state index contributed by atoms with van der Waals surface area (Å²) in [4.78, 5) is 2.29. The summed E-state index contributed by atoms with van der Waals surface area (Å²) >= 11 is 0. The van der Waals surface area contributed by atoms with Crippen LogP contribution >= 0.6 is 0 Å². The predicted molar refractivity (Wildman–Crippen MR) is 112 cm³/mol. The summed E-state index contributed by atoms with van der Waals surface area (Å²) in [5.41, 5.74) is 3.68. The first-order chi connectivity index (χ1) is 13.6. The molecule has 5 nitrogen and oxygen atoms in total. The zero-order chi connectivity index (χ0) is 19.8. The van der Waals surface area contributed by atoms with Crippen LogP contribution in [0.3, 0.4) is 0 Å². The lowest BCUT2D eigenvalue weighted by atomic mass is 10.1. The van der Waals surface area contributed by atoms with E-state index in [-0.39, 0.29) is 6.61 Å². The molecule has 3 rings (SSSR count). The van der Waals surface area contributed by atoms with E-state index in [0.29, 0.717) is 18.0 Å². The minimum absolute atomic E-state index is 0.276. The molecular formula is C23H32N2O3. The lowest BCUT2D eigenvalue weighted by molar-refractivity contribution is 0.0747. The Morgan fingerprint density at radius 3 is 2.50 bits per heavy atom. The highest BCUT2D eigenvalue weighted by Gasteiger charge is 2.17. The minimum Gasteiger partial charge on any atom is -0.493 e. The number of aliphatic hydroxyl groups is 1. The van der Waals surface area contributed by atoms with E-state index in [4.69, 9.17) is 9.47 Å². The fourth-order valence-electron chi connectivity index (χ4n) is 3.62. The van der Waals surface area contributed by atoms with Gasteiger partial charge in [-0.3, -0.25) is 0 Å². The number of benzene rings is 2. The first-order valence-corrected chi connectivity index (χ1v) is 10.1. The number of methoxy groups -OCH3 is 1. The summed E-state index contributed by atoms with van der Waals surface area (Å²) in [6, 6.07) is 14.5. The van der Waals surface area contributed by atoms with Gasteiger partial charge < -0.3 is 24.8 Å². The Kier molecular flexibility index (Phi) is 7.71. The average molecular weight is 385 g/mol. The average Bonchev–Trinajstić information content (AvgIpc) is 3.20. The number of hydrogen-bond donors (Lipinski definition) is 2. The van der Waals surface area contributed by atoms with Crippen molar-refractivity contribution in [2.24, 2.45) is 0 Å². The molecule has 5 heteroatoms. The Bertz CT molecular complexity index is 744. The number of ether oxygens (including phenoxy) is 2. The Balaban J connectivity index is 1.48. The number of hydrogen-bond acceptors (Lipinski definition) is 5. The molecule has 1 aliphatic rings. The maximum atomic E-state index is 10.2. The number of aryl methyl sites for hydroxylation is 1. The minimum atomic E-state index is -0.488. The molecule has 1 aliphatic heterocycles. The smallest absolute Gasteiger partial charge is 0.161 e. The number of rotatable bonds is 10. The van der Waals surface area contributed by atoms with Crippen LogP contribution in [0.4, 0.5) is 0 Å². The molecule has 0 aromatic heterocycles. The third kappa shape index (κ3) is 6.23. The van der Waals surface area contributed by atoms with Crippen molar-refractivity contribution in [1.82, 2.24) is 10.2 Å². The number of nitrogens with zero attached hydrogens (tertiary/aromatic N) is 1. The van der Waals surface area contributed by atoms with Crippen molar-refractivity contribution in [3.8, 4) is 11.5 Å². The van der Waals surface area contributed by atoms with Gasteiger partial charge in [0.2, 0.25) is 0 Å². The zero-order valence-corrected chi connectivity index (χ0v) is 17.0. The lowest BCUT2D eigenvalue weighted by Crippen LogP contribution is -2.33. The van der Waals surface area contributed by atoms with E-state index in [1.807, 2.05) is 18.2 Å². The van der Waals surface area contributed by atoms with Crippen LogP contribution in [0.2, 0.25) is 0 Å². The number of aliphatic hydroxyl groups excluding tert-OH is 1. The monoisotopic (exact) mass is 384 g/mol. The second-order valence-corrected chi connectivity index (χ2v) is 7.55. The third-order valence-electron chi connectivity index (χ3n) is 5.07. The second kappa shape index (κ2) is 10.5. The first kappa shape index (κ1) is 20.6. The fraction of sp³-hybridized carbons (Fsp3) is 0.478. The molecule has 1 unspecified atom stereocenters. The maximum absolute atomic E-state index is 10.2. The van der Waals surface area contributed by atoms with E-state index in [1.165, 1.54) is 24.0 Å². The van der Waals surface area contributed by atoms with Gasteiger partial charge in [0.05, 0.1) is 7.11 Å². The van der Waals surface area contributed by atoms with Crippen LogP contribution in [-0.4, -0.2) is 49.5 Å². The van der Waals surface area contributed by atoms with Crippen LogP contribution in [0.25, 0.3) is 0 Å². The molecule has 1 heterocycles. The van der Waals surface area contributed by atoms with Gasteiger partial charge in [0.25, 0.3) is 0 Å². The summed E-state index contributed by atoms with van der Waals surface area (Å²) < 4.78 is 11.3. The highest BCUT2D eigenvalue weighted by molar-refractivity contribution is 5.43. The highest BCUT2D eigenvalue weighted by Crippen LogP contribution is 2.28. The molecule has 0 bridgehead atoms. The van der Waals surface area contributed by atoms with Gasteiger partial charge in [0.1, 0.15) is 12.7 Å². The van der Waals surface area contributed by atoms with E-state index in [9.17, 15) is 5.11 Å². The third-order valence-corrected chi connectivity index (χ3v) is 5.07. The Hall–Kier alpha value is -2.08. The van der Waals surface area contributed by atoms with Gasteiger partial charge in [-0.15, -0.1) is 0 Å². The molecule has 1 fully saturated rings. The van der Waals surface area contributed by atoms with E-state index in [2.05, 4.69) is 41.4 Å². The summed E-state index contributed by atoms with van der Waals surface area (Å²) in [6.45, 7) is 6.78. The van der Waals surface area contributed by atoms with Crippen LogP contribution in [0.5, 0.6) is 11.5 Å². The quantitative estimate of drug-likeness (QED) is 0.659. The number of β-amino-alcohol motifs (C(OH)–C–C–N with tert-alkyl or cyclic N) is 1. The molecule has 1 saturated heterocycles. The fourth-order valence-corrected chi connectivity index (χ4v) is 3.62. The van der Waals surface area contributed by atoms with Crippen LogP contribution in [-0.2, 0) is 13.1 Å². The molecule has 28 heavy (non-hydrogen) atoms. The van der Waals surface area contributed by atoms with Crippen LogP contribution in [0.1, 0.15) is 29.5 Å². The molecule has 2 aromatic carbocycles. The molecule has 0 radical (unpaired) electrons. The largest absolute Gasteiger partial charge is 0.493 e. The Labute approximate surface area is 168 Å². The molecule has 0 amide bonds. The molecule has 2 N–H and O–H groups in total. The summed E-state index contributed by atoms with van der Waals surface area (Å²) in [7, 11) is 1.65. The van der Waals surface area contributed by atoms with Gasteiger partial charge >= 0.3 is 0 Å². The number of likely N-dealkylation sites (tertiary alicyclic amines) is 1. The van der Waals surface area contributed by atoms with E-state index >= 15 is 0 Å². The van der Waals surface area contributed by atoms with Crippen molar-refractivity contribution in [3.05, 3.63) is 59.2 Å². The van der Waals surface area contributed by atoms with Gasteiger partial charge in [-0.25, -0.2) is 0 Å². The highest BCUT2D eigenvalue weighted by atomic mass is 16.5. The van der Waals surface area contributed by atoms with Gasteiger partial charge in [0, 0.05) is 19.6 Å². The topological polar surface area (TPSA) is 54.0 Å². The van der Waals surface area contributed by atoms with Gasteiger partial charge in [0.15, 0.2) is 11.5 Å². The van der Waals surface area contributed by atoms with Gasteiger partial charge in [-0.1, -0.05) is 35.9 Å². The summed E-state index contributed by atoms with van der Waals surface area (Å²) in [6.07, 6.45) is 1.96. The van der Waals surface area contributed by atoms with E-state index < -0.39 is 6.10 Å². The normalized spacial score (nSPS) is 15.5. The summed E-state index contributed by atoms with van der Waals surface area (Å²) in [5, 5.41) is 13.7. The van der Waals surface area contributed by atoms with Crippen molar-refractivity contribution < 1.29 is 14.6 Å². The summed E-state index contributed by atoms with van der Waals surface area (Å²) in [5.74, 6) is 1.37. The molecule has 2 aromatic rings. The van der Waals surface area contributed by atoms with Crippen LogP contribution < -0.4 is 14.8 Å². The van der Waals surface area contributed by atoms with Crippen molar-refractivity contribution in [3.63, 3.8) is 0 Å². The molecule has 1 atom stereocenters. The standard InChI is InChI=1S/C23H32N2O3/c1-18-6-5-7-19(12-18)14-24-15-20-8-9-22(23(13-20)27-2)28-17-21(26)16-25-10-3-4-11-25/h5-9,12-13,21,24,26H,3-4,10-11,14-17H2,1-2H3. The van der Waals surface area contributed by atoms with Crippen LogP contribution in [0.15, 0.2) is 42.5 Å². The van der Waals surface area contributed by atoms with Gasteiger partial charge in [-0.05, 0) is 56.1 Å². The van der Waals surface area contributed by atoms with Gasteiger partial charge in [-0.2, -0.15) is 0 Å². The van der Waals surface area contributed by atoms with Crippen molar-refractivity contribution >= 4 is 0 Å². The molecule has 152 valence electrons. The maximum Gasteiger partial charge on any atom is 0.161 e. The lowest BCUT2D eigenvalue weighted by Gasteiger charge is -2.20. The Morgan fingerprint density at radius 2 is 1.79 bits per heavy atom. The molecule has 0 aliphatic carbocycles. The molecule has 0 spiro atoms. The Morgan fingerprint density at radius 1 is 1.04 bits per heavy atom. The number of nitrogens with one attached hydrogen (secondary N) is 1. The SMILES string of the molecule is COc1cc(CNCc2cccc(C)c2)ccc1OCC(O)CN1CCCC1. The van der Waals surface area contributed by atoms with E-state index in [1.54, 1.807) is 7.11 Å². The van der Waals surface area contributed by atoms with Crippen molar-refractivity contribution in [1.29, 1.82) is 0 Å². The first-order valence-electron chi connectivity index (χ1n) is 10.1. The second-order valence-electron chi connectivity index (χ2n) is 7.55. The molecule has 0 saturated carbocycles. The van der Waals surface area contributed by atoms with Crippen LogP contribution in [0, 0.1) is 6.92 Å². The van der Waals surface area contributed by atoms with E-state index in [0.717, 1.165) is 31.7 Å². The van der Waals surface area contributed by atoms with Crippen molar-refractivity contribution in [2.45, 2.75) is 39.0 Å².